The normalized spacial score (nSPS) is 19.9. The van der Waals surface area contributed by atoms with Gasteiger partial charge in [-0.05, 0) is 42.2 Å². The van der Waals surface area contributed by atoms with Crippen molar-refractivity contribution in [3.63, 3.8) is 0 Å². The van der Waals surface area contributed by atoms with E-state index in [4.69, 9.17) is 11.6 Å². The number of aryl methyl sites for hydroxylation is 1. The summed E-state index contributed by atoms with van der Waals surface area (Å²) >= 11 is 5.96. The molecule has 1 aromatic carbocycles. The first-order chi connectivity index (χ1) is 10.2. The lowest BCUT2D eigenvalue weighted by Crippen LogP contribution is -2.33. The molecule has 0 saturated heterocycles. The molecule has 4 rings (SSSR count). The van der Waals surface area contributed by atoms with Crippen molar-refractivity contribution in [3.05, 3.63) is 63.9 Å². The number of hydrogen-bond acceptors (Lipinski definition) is 3. The molecule has 0 radical (unpaired) electrons. The summed E-state index contributed by atoms with van der Waals surface area (Å²) in [6.45, 7) is 0. The van der Waals surface area contributed by atoms with Crippen LogP contribution in [0.1, 0.15) is 44.3 Å². The van der Waals surface area contributed by atoms with Crippen molar-refractivity contribution in [2.24, 2.45) is 0 Å². The Balaban J connectivity index is 1.80. The summed E-state index contributed by atoms with van der Waals surface area (Å²) in [5.74, 6) is -0.442. The molecule has 5 heteroatoms. The van der Waals surface area contributed by atoms with Gasteiger partial charge >= 0.3 is 0 Å². The van der Waals surface area contributed by atoms with Crippen LogP contribution in [0.15, 0.2) is 36.5 Å². The molecule has 1 atom stereocenters. The average Bonchev–Trinajstić information content (AvgIpc) is 3.00. The predicted octanol–water partition coefficient (Wildman–Crippen LogP) is 3.02. The van der Waals surface area contributed by atoms with Crippen molar-refractivity contribution in [3.8, 4) is 0 Å². The van der Waals surface area contributed by atoms with Crippen molar-refractivity contribution >= 4 is 23.4 Å². The third kappa shape index (κ3) is 1.72. The molecule has 1 aliphatic carbocycles. The maximum Gasteiger partial charge on any atom is 0.262 e. The Hall–Kier alpha value is -2.20. The molecule has 4 nitrogen and oxygen atoms in total. The van der Waals surface area contributed by atoms with Gasteiger partial charge in [-0.2, -0.15) is 0 Å². The lowest BCUT2D eigenvalue weighted by molar-refractivity contribution is 0.0582. The van der Waals surface area contributed by atoms with Crippen LogP contribution in [0.2, 0.25) is 5.15 Å². The van der Waals surface area contributed by atoms with Crippen LogP contribution in [0.3, 0.4) is 0 Å². The number of hydrogen-bond donors (Lipinski definition) is 0. The number of aromatic nitrogens is 1. The van der Waals surface area contributed by atoms with E-state index in [-0.39, 0.29) is 17.9 Å². The number of carbonyl (C=O) groups excluding carboxylic acids is 2. The van der Waals surface area contributed by atoms with Crippen LogP contribution < -0.4 is 0 Å². The lowest BCUT2D eigenvalue weighted by atomic mass is 10.1. The molecule has 0 fully saturated rings. The first-order valence-corrected chi connectivity index (χ1v) is 7.16. The summed E-state index contributed by atoms with van der Waals surface area (Å²) in [4.78, 5) is 30.5. The van der Waals surface area contributed by atoms with E-state index in [2.05, 4.69) is 4.98 Å². The zero-order valence-corrected chi connectivity index (χ0v) is 11.8. The van der Waals surface area contributed by atoms with Gasteiger partial charge in [-0.1, -0.05) is 23.7 Å². The van der Waals surface area contributed by atoms with Crippen LogP contribution in [-0.2, 0) is 6.42 Å². The van der Waals surface area contributed by atoms with Crippen LogP contribution in [0, 0.1) is 0 Å². The topological polar surface area (TPSA) is 50.3 Å². The highest BCUT2D eigenvalue weighted by Gasteiger charge is 2.42. The molecule has 1 aliphatic heterocycles. The minimum atomic E-state index is -0.243. The van der Waals surface area contributed by atoms with E-state index in [1.54, 1.807) is 36.5 Å². The molecule has 2 aliphatic rings. The summed E-state index contributed by atoms with van der Waals surface area (Å²) < 4.78 is 0. The van der Waals surface area contributed by atoms with E-state index >= 15 is 0 Å². The zero-order chi connectivity index (χ0) is 14.6. The molecule has 104 valence electrons. The van der Waals surface area contributed by atoms with Crippen molar-refractivity contribution < 1.29 is 9.59 Å². The largest absolute Gasteiger partial charge is 0.269 e. The summed E-state index contributed by atoms with van der Waals surface area (Å²) in [7, 11) is 0. The summed E-state index contributed by atoms with van der Waals surface area (Å²) in [6, 6.07) is 8.47. The van der Waals surface area contributed by atoms with Gasteiger partial charge in [0.15, 0.2) is 0 Å². The summed E-state index contributed by atoms with van der Waals surface area (Å²) in [6.07, 6.45) is 3.26. The summed E-state index contributed by atoms with van der Waals surface area (Å²) in [5, 5.41) is 0.386. The minimum Gasteiger partial charge on any atom is -0.269 e. The molecule has 2 heterocycles. The van der Waals surface area contributed by atoms with Gasteiger partial charge in [0.1, 0.15) is 5.15 Å². The number of fused-ring (bicyclic) bond motifs is 2. The number of halogens is 1. The van der Waals surface area contributed by atoms with Crippen molar-refractivity contribution in [2.75, 3.05) is 0 Å². The van der Waals surface area contributed by atoms with Gasteiger partial charge in [0.2, 0.25) is 0 Å². The van der Waals surface area contributed by atoms with E-state index in [1.807, 2.05) is 0 Å². The van der Waals surface area contributed by atoms with Crippen LogP contribution in [0.5, 0.6) is 0 Å². The molecular formula is C16H11ClN2O2. The van der Waals surface area contributed by atoms with Crippen molar-refractivity contribution in [1.82, 2.24) is 9.88 Å². The van der Waals surface area contributed by atoms with Crippen LogP contribution >= 0.6 is 11.6 Å². The highest BCUT2D eigenvalue weighted by atomic mass is 35.5. The molecule has 0 N–H and O–H groups in total. The first kappa shape index (κ1) is 12.5. The van der Waals surface area contributed by atoms with Gasteiger partial charge in [-0.15, -0.1) is 0 Å². The zero-order valence-electron chi connectivity index (χ0n) is 11.0. The Morgan fingerprint density at radius 3 is 2.48 bits per heavy atom. The third-order valence-corrected chi connectivity index (χ3v) is 4.38. The fourth-order valence-electron chi connectivity index (χ4n) is 3.20. The van der Waals surface area contributed by atoms with Gasteiger partial charge in [0.05, 0.1) is 17.2 Å². The molecule has 0 spiro atoms. The molecule has 2 amide bonds. The van der Waals surface area contributed by atoms with Gasteiger partial charge in [-0.25, -0.2) is 4.98 Å². The first-order valence-electron chi connectivity index (χ1n) is 6.78. The van der Waals surface area contributed by atoms with Crippen molar-refractivity contribution in [1.29, 1.82) is 0 Å². The van der Waals surface area contributed by atoms with Crippen LogP contribution in [0.25, 0.3) is 0 Å². The third-order valence-electron chi connectivity index (χ3n) is 4.17. The van der Waals surface area contributed by atoms with E-state index in [1.165, 1.54) is 4.90 Å². The second-order valence-corrected chi connectivity index (χ2v) is 5.67. The number of benzene rings is 1. The smallest absolute Gasteiger partial charge is 0.262 e. The van der Waals surface area contributed by atoms with Crippen molar-refractivity contribution in [2.45, 2.75) is 18.9 Å². The number of carbonyl (C=O) groups is 2. The van der Waals surface area contributed by atoms with Gasteiger partial charge in [0, 0.05) is 6.20 Å². The number of nitrogens with zero attached hydrogens (tertiary/aromatic N) is 2. The Morgan fingerprint density at radius 2 is 1.81 bits per heavy atom. The van der Waals surface area contributed by atoms with E-state index in [9.17, 15) is 9.59 Å². The summed E-state index contributed by atoms with van der Waals surface area (Å²) in [5.41, 5.74) is 2.96. The fraction of sp³-hybridized carbons (Fsp3) is 0.188. The Labute approximate surface area is 126 Å². The number of pyridine rings is 1. The van der Waals surface area contributed by atoms with Gasteiger partial charge in [-0.3, -0.25) is 14.5 Å². The van der Waals surface area contributed by atoms with Gasteiger partial charge < -0.3 is 0 Å². The number of rotatable bonds is 1. The Morgan fingerprint density at radius 1 is 1.14 bits per heavy atom. The maximum absolute atomic E-state index is 12.5. The lowest BCUT2D eigenvalue weighted by Gasteiger charge is -2.22. The van der Waals surface area contributed by atoms with Gasteiger partial charge in [0.25, 0.3) is 11.8 Å². The predicted molar refractivity (Wildman–Crippen MR) is 77.3 cm³/mol. The highest BCUT2D eigenvalue weighted by molar-refractivity contribution is 6.29. The van der Waals surface area contributed by atoms with E-state index in [0.717, 1.165) is 24.0 Å². The quantitative estimate of drug-likeness (QED) is 0.600. The van der Waals surface area contributed by atoms with E-state index in [0.29, 0.717) is 16.3 Å². The molecule has 0 saturated carbocycles. The molecule has 21 heavy (non-hydrogen) atoms. The Kier molecular flexibility index (Phi) is 2.62. The molecule has 2 aromatic rings. The molecular weight excluding hydrogens is 288 g/mol. The van der Waals surface area contributed by atoms with Crippen LogP contribution in [0.4, 0.5) is 0 Å². The molecule has 1 unspecified atom stereocenters. The highest BCUT2D eigenvalue weighted by Crippen LogP contribution is 2.40. The SMILES string of the molecule is O=C1c2ccccc2C(=O)N1C1CCc2cnc(Cl)cc21. The van der Waals surface area contributed by atoms with Crippen LogP contribution in [-0.4, -0.2) is 21.7 Å². The minimum absolute atomic E-state index is 0.221. The monoisotopic (exact) mass is 298 g/mol. The standard InChI is InChI=1S/C16H11ClN2O2/c17-14-7-12-9(8-18-14)5-6-13(12)19-15(20)10-3-1-2-4-11(10)16(19)21/h1-4,7-8,13H,5-6H2. The molecule has 0 bridgehead atoms. The Bertz CT molecular complexity index is 753. The number of imide groups is 1. The maximum atomic E-state index is 12.5. The second kappa shape index (κ2) is 4.40. The number of amides is 2. The van der Waals surface area contributed by atoms with E-state index < -0.39 is 0 Å². The average molecular weight is 299 g/mol. The fourth-order valence-corrected chi connectivity index (χ4v) is 3.36. The molecule has 1 aromatic heterocycles. The second-order valence-electron chi connectivity index (χ2n) is 5.29.